The number of hydrogen-bond acceptors (Lipinski definition) is 5. The third kappa shape index (κ3) is 3.18. The van der Waals surface area contributed by atoms with Gasteiger partial charge in [-0.1, -0.05) is 17.7 Å². The molecule has 2 aromatic carbocycles. The highest BCUT2D eigenvalue weighted by Gasteiger charge is 2.24. The minimum Gasteiger partial charge on any atom is -0.486 e. The largest absolute Gasteiger partial charge is 0.486 e. The molecule has 1 aliphatic rings. The van der Waals surface area contributed by atoms with E-state index in [0.29, 0.717) is 24.7 Å². The summed E-state index contributed by atoms with van der Waals surface area (Å²) in [6, 6.07) is 11.5. The SMILES string of the molecule is CNCC1COc2ccc(S(=O)(=O)c3ccc(C)cc3)cc2O1. The van der Waals surface area contributed by atoms with Crippen LogP contribution in [0.3, 0.4) is 0 Å². The first-order valence-corrected chi connectivity index (χ1v) is 8.89. The minimum absolute atomic E-state index is 0.134. The highest BCUT2D eigenvalue weighted by atomic mass is 32.2. The standard InChI is InChI=1S/C17H19NO4S/c1-12-3-5-14(6-4-12)23(19,20)15-7-8-16-17(9-15)22-13(10-18-2)11-21-16/h3-9,13,18H,10-11H2,1-2H3. The van der Waals surface area contributed by atoms with Crippen LogP contribution < -0.4 is 14.8 Å². The van der Waals surface area contributed by atoms with Crippen LogP contribution in [-0.2, 0) is 9.84 Å². The second kappa shape index (κ2) is 6.22. The molecule has 0 radical (unpaired) electrons. The van der Waals surface area contributed by atoms with Crippen molar-refractivity contribution in [3.63, 3.8) is 0 Å². The van der Waals surface area contributed by atoms with Crippen molar-refractivity contribution < 1.29 is 17.9 Å². The molecule has 0 saturated carbocycles. The maximum absolute atomic E-state index is 12.7. The zero-order valence-electron chi connectivity index (χ0n) is 13.1. The molecule has 1 N–H and O–H groups in total. The lowest BCUT2D eigenvalue weighted by molar-refractivity contribution is 0.0915. The Bertz CT molecular complexity index is 800. The summed E-state index contributed by atoms with van der Waals surface area (Å²) in [6.07, 6.45) is -0.134. The van der Waals surface area contributed by atoms with E-state index in [-0.39, 0.29) is 15.9 Å². The second-order valence-corrected chi connectivity index (χ2v) is 7.48. The molecule has 0 fully saturated rings. The van der Waals surface area contributed by atoms with Crippen molar-refractivity contribution in [2.45, 2.75) is 22.8 Å². The van der Waals surface area contributed by atoms with Gasteiger partial charge in [0.25, 0.3) is 0 Å². The molecule has 6 heteroatoms. The van der Waals surface area contributed by atoms with Gasteiger partial charge in [-0.25, -0.2) is 8.42 Å². The smallest absolute Gasteiger partial charge is 0.206 e. The van der Waals surface area contributed by atoms with E-state index in [1.165, 1.54) is 6.07 Å². The Morgan fingerprint density at radius 2 is 1.78 bits per heavy atom. The lowest BCUT2D eigenvalue weighted by Crippen LogP contribution is -2.37. The van der Waals surface area contributed by atoms with Crippen LogP contribution >= 0.6 is 0 Å². The van der Waals surface area contributed by atoms with Crippen molar-refractivity contribution in [3.05, 3.63) is 48.0 Å². The normalized spacial score (nSPS) is 17.0. The fraction of sp³-hybridized carbons (Fsp3) is 0.294. The molecular formula is C17H19NO4S. The van der Waals surface area contributed by atoms with Gasteiger partial charge in [-0.15, -0.1) is 0 Å². The lowest BCUT2D eigenvalue weighted by atomic mass is 10.2. The van der Waals surface area contributed by atoms with Gasteiger partial charge in [-0.3, -0.25) is 0 Å². The second-order valence-electron chi connectivity index (χ2n) is 5.53. The number of nitrogens with one attached hydrogen (secondary N) is 1. The van der Waals surface area contributed by atoms with Crippen molar-refractivity contribution in [2.24, 2.45) is 0 Å². The highest BCUT2D eigenvalue weighted by Crippen LogP contribution is 2.35. The van der Waals surface area contributed by atoms with E-state index in [1.54, 1.807) is 36.4 Å². The fourth-order valence-corrected chi connectivity index (χ4v) is 3.72. The molecule has 5 nitrogen and oxygen atoms in total. The number of ether oxygens (including phenoxy) is 2. The van der Waals surface area contributed by atoms with Gasteiger partial charge in [-0.2, -0.15) is 0 Å². The molecule has 0 aliphatic carbocycles. The van der Waals surface area contributed by atoms with E-state index in [1.807, 2.05) is 14.0 Å². The van der Waals surface area contributed by atoms with E-state index < -0.39 is 9.84 Å². The van der Waals surface area contributed by atoms with Gasteiger partial charge in [0, 0.05) is 12.6 Å². The Labute approximate surface area is 136 Å². The summed E-state index contributed by atoms with van der Waals surface area (Å²) in [4.78, 5) is 0.473. The monoisotopic (exact) mass is 333 g/mol. The first kappa shape index (κ1) is 15.8. The first-order chi connectivity index (χ1) is 11.0. The molecule has 2 aromatic rings. The number of rotatable bonds is 4. The Hall–Kier alpha value is -2.05. The van der Waals surface area contributed by atoms with Crippen molar-refractivity contribution in [2.75, 3.05) is 20.2 Å². The van der Waals surface area contributed by atoms with Gasteiger partial charge >= 0.3 is 0 Å². The summed E-state index contributed by atoms with van der Waals surface area (Å²) >= 11 is 0. The van der Waals surface area contributed by atoms with Crippen LogP contribution in [0.1, 0.15) is 5.56 Å². The van der Waals surface area contributed by atoms with Crippen molar-refractivity contribution >= 4 is 9.84 Å². The summed E-state index contributed by atoms with van der Waals surface area (Å²) in [5.74, 6) is 1.03. The van der Waals surface area contributed by atoms with Gasteiger partial charge < -0.3 is 14.8 Å². The van der Waals surface area contributed by atoms with Gasteiger partial charge in [0.05, 0.1) is 9.79 Å². The predicted molar refractivity (Wildman–Crippen MR) is 86.9 cm³/mol. The van der Waals surface area contributed by atoms with E-state index in [9.17, 15) is 8.42 Å². The van der Waals surface area contributed by atoms with E-state index >= 15 is 0 Å². The van der Waals surface area contributed by atoms with Crippen molar-refractivity contribution in [1.29, 1.82) is 0 Å². The number of aryl methyl sites for hydroxylation is 1. The molecule has 0 saturated heterocycles. The number of benzene rings is 2. The third-order valence-electron chi connectivity index (χ3n) is 3.71. The molecule has 23 heavy (non-hydrogen) atoms. The van der Waals surface area contributed by atoms with Crippen LogP contribution in [0, 0.1) is 6.92 Å². The Morgan fingerprint density at radius 3 is 2.48 bits per heavy atom. The topological polar surface area (TPSA) is 64.6 Å². The molecular weight excluding hydrogens is 314 g/mol. The number of sulfone groups is 1. The zero-order chi connectivity index (χ0) is 16.4. The summed E-state index contributed by atoms with van der Waals surface area (Å²) in [5.41, 5.74) is 1.01. The summed E-state index contributed by atoms with van der Waals surface area (Å²) in [7, 11) is -1.74. The lowest BCUT2D eigenvalue weighted by Gasteiger charge is -2.26. The average molecular weight is 333 g/mol. The van der Waals surface area contributed by atoms with Gasteiger partial charge in [-0.05, 0) is 38.2 Å². The Kier molecular flexibility index (Phi) is 4.28. The van der Waals surface area contributed by atoms with Crippen LogP contribution in [0.4, 0.5) is 0 Å². The van der Waals surface area contributed by atoms with Gasteiger partial charge in [0.15, 0.2) is 11.5 Å². The fourth-order valence-electron chi connectivity index (χ4n) is 2.44. The quantitative estimate of drug-likeness (QED) is 0.929. The molecule has 0 aromatic heterocycles. The minimum atomic E-state index is -3.57. The number of fused-ring (bicyclic) bond motifs is 1. The first-order valence-electron chi connectivity index (χ1n) is 7.40. The summed E-state index contributed by atoms with van der Waals surface area (Å²) in [5, 5.41) is 3.02. The zero-order valence-corrected chi connectivity index (χ0v) is 13.9. The molecule has 1 aliphatic heterocycles. The third-order valence-corrected chi connectivity index (χ3v) is 5.47. The van der Waals surface area contributed by atoms with E-state index in [2.05, 4.69) is 5.32 Å². The Morgan fingerprint density at radius 1 is 1.09 bits per heavy atom. The predicted octanol–water partition coefficient (Wildman–Crippen LogP) is 2.19. The molecule has 0 bridgehead atoms. The van der Waals surface area contributed by atoms with E-state index in [4.69, 9.17) is 9.47 Å². The van der Waals surface area contributed by atoms with Crippen LogP contribution in [0.15, 0.2) is 52.3 Å². The molecule has 3 rings (SSSR count). The molecule has 0 amide bonds. The van der Waals surface area contributed by atoms with Crippen LogP contribution in [-0.4, -0.2) is 34.7 Å². The highest BCUT2D eigenvalue weighted by molar-refractivity contribution is 7.91. The molecule has 0 spiro atoms. The molecule has 1 unspecified atom stereocenters. The van der Waals surface area contributed by atoms with Crippen molar-refractivity contribution in [1.82, 2.24) is 5.32 Å². The van der Waals surface area contributed by atoms with Crippen LogP contribution in [0.25, 0.3) is 0 Å². The summed E-state index contributed by atoms with van der Waals surface area (Å²) in [6.45, 7) is 2.99. The number of hydrogen-bond donors (Lipinski definition) is 1. The van der Waals surface area contributed by atoms with Gasteiger partial charge in [0.2, 0.25) is 9.84 Å². The maximum Gasteiger partial charge on any atom is 0.206 e. The molecule has 122 valence electrons. The van der Waals surface area contributed by atoms with Crippen LogP contribution in [0.5, 0.6) is 11.5 Å². The molecule has 1 atom stereocenters. The van der Waals surface area contributed by atoms with Gasteiger partial charge in [0.1, 0.15) is 12.7 Å². The number of likely N-dealkylation sites (N-methyl/N-ethyl adjacent to an activating group) is 1. The van der Waals surface area contributed by atoms with Crippen molar-refractivity contribution in [3.8, 4) is 11.5 Å². The summed E-state index contributed by atoms with van der Waals surface area (Å²) < 4.78 is 36.9. The van der Waals surface area contributed by atoms with E-state index in [0.717, 1.165) is 5.56 Å². The maximum atomic E-state index is 12.7. The average Bonchev–Trinajstić information content (AvgIpc) is 2.55. The Balaban J connectivity index is 1.95. The van der Waals surface area contributed by atoms with Crippen LogP contribution in [0.2, 0.25) is 0 Å². The molecule has 1 heterocycles.